The monoisotopic (exact) mass is 353 g/mol. The summed E-state index contributed by atoms with van der Waals surface area (Å²) < 4.78 is 3.57. The quantitative estimate of drug-likeness (QED) is 0.684. The minimum Gasteiger partial charge on any atom is -0.353 e. The van der Waals surface area contributed by atoms with Crippen LogP contribution < -0.4 is 4.90 Å². The van der Waals surface area contributed by atoms with E-state index in [4.69, 9.17) is 0 Å². The largest absolute Gasteiger partial charge is 0.353 e. The summed E-state index contributed by atoms with van der Waals surface area (Å²) >= 11 is 0. The number of rotatable bonds is 4. The molecule has 9 heteroatoms. The number of piperazine rings is 1. The smallest absolute Gasteiger partial charge is 0.176 e. The topological polar surface area (TPSA) is 80.8 Å². The van der Waals surface area contributed by atoms with Gasteiger partial charge in [0, 0.05) is 51.7 Å². The molecule has 9 nitrogen and oxygen atoms in total. The van der Waals surface area contributed by atoms with Gasteiger partial charge in [0.2, 0.25) is 0 Å². The number of aromatic nitrogens is 7. The molecule has 26 heavy (non-hydrogen) atoms. The predicted molar refractivity (Wildman–Crippen MR) is 97.1 cm³/mol. The highest BCUT2D eigenvalue weighted by molar-refractivity contribution is 5.40. The van der Waals surface area contributed by atoms with Crippen LogP contribution in [-0.4, -0.2) is 66.1 Å². The van der Waals surface area contributed by atoms with Crippen LogP contribution in [0.1, 0.15) is 17.1 Å². The van der Waals surface area contributed by atoms with Crippen LogP contribution >= 0.6 is 0 Å². The molecular formula is C17H23N9. The van der Waals surface area contributed by atoms with E-state index < -0.39 is 0 Å². The lowest BCUT2D eigenvalue weighted by Gasteiger charge is -2.34. The van der Waals surface area contributed by atoms with Gasteiger partial charge >= 0.3 is 0 Å². The van der Waals surface area contributed by atoms with Crippen molar-refractivity contribution in [1.82, 2.24) is 39.9 Å². The molecule has 3 aromatic heterocycles. The Hall–Kier alpha value is -2.81. The van der Waals surface area contributed by atoms with Crippen molar-refractivity contribution in [3.63, 3.8) is 0 Å². The number of aryl methyl sites for hydroxylation is 3. The van der Waals surface area contributed by atoms with Crippen molar-refractivity contribution >= 4 is 5.82 Å². The molecule has 0 bridgehead atoms. The molecule has 3 aromatic rings. The molecule has 0 unspecified atom stereocenters. The van der Waals surface area contributed by atoms with Gasteiger partial charge in [0.15, 0.2) is 11.6 Å². The van der Waals surface area contributed by atoms with E-state index in [9.17, 15) is 0 Å². The van der Waals surface area contributed by atoms with Crippen molar-refractivity contribution in [2.45, 2.75) is 20.4 Å². The maximum Gasteiger partial charge on any atom is 0.176 e. The Kier molecular flexibility index (Phi) is 4.37. The van der Waals surface area contributed by atoms with Gasteiger partial charge < -0.3 is 4.90 Å². The van der Waals surface area contributed by atoms with E-state index in [1.807, 2.05) is 50.0 Å². The molecule has 0 aliphatic carbocycles. The Bertz CT molecular complexity index is 872. The second kappa shape index (κ2) is 6.83. The van der Waals surface area contributed by atoms with Gasteiger partial charge in [0.1, 0.15) is 0 Å². The lowest BCUT2D eigenvalue weighted by atomic mass is 10.3. The molecule has 0 aromatic carbocycles. The minimum absolute atomic E-state index is 0.751. The third kappa shape index (κ3) is 3.43. The first kappa shape index (κ1) is 16.6. The summed E-state index contributed by atoms with van der Waals surface area (Å²) in [5, 5.41) is 21.4. The second-order valence-corrected chi connectivity index (χ2v) is 6.74. The molecule has 4 heterocycles. The third-order valence-corrected chi connectivity index (χ3v) is 4.59. The zero-order valence-corrected chi connectivity index (χ0v) is 15.4. The summed E-state index contributed by atoms with van der Waals surface area (Å²) in [6, 6.07) is 6.04. The Morgan fingerprint density at radius 1 is 0.962 bits per heavy atom. The normalized spacial score (nSPS) is 15.6. The summed E-state index contributed by atoms with van der Waals surface area (Å²) in [5.41, 5.74) is 3.05. The van der Waals surface area contributed by atoms with Crippen molar-refractivity contribution < 1.29 is 0 Å². The van der Waals surface area contributed by atoms with Crippen LogP contribution in [0.4, 0.5) is 5.82 Å². The SMILES string of the molecule is Cc1cc(C)n(-c2ccc(N3CCN(Cc4cn(C)nn4)CC3)nn2)n1. The number of hydrogen-bond donors (Lipinski definition) is 0. The fourth-order valence-corrected chi connectivity index (χ4v) is 3.29. The van der Waals surface area contributed by atoms with Crippen molar-refractivity contribution in [2.24, 2.45) is 7.05 Å². The number of hydrogen-bond acceptors (Lipinski definition) is 7. The lowest BCUT2D eigenvalue weighted by molar-refractivity contribution is 0.246. The van der Waals surface area contributed by atoms with Crippen LogP contribution in [-0.2, 0) is 13.6 Å². The van der Waals surface area contributed by atoms with Crippen LogP contribution in [0.25, 0.3) is 5.82 Å². The first-order valence-electron chi connectivity index (χ1n) is 8.78. The van der Waals surface area contributed by atoms with Gasteiger partial charge in [-0.25, -0.2) is 4.68 Å². The lowest BCUT2D eigenvalue weighted by Crippen LogP contribution is -2.46. The minimum atomic E-state index is 0.751. The van der Waals surface area contributed by atoms with Crippen LogP contribution in [0.5, 0.6) is 0 Å². The summed E-state index contributed by atoms with van der Waals surface area (Å²) in [4.78, 5) is 4.66. The van der Waals surface area contributed by atoms with Crippen molar-refractivity contribution in [2.75, 3.05) is 31.1 Å². The molecule has 136 valence electrons. The number of nitrogens with zero attached hydrogens (tertiary/aromatic N) is 9. The Morgan fingerprint density at radius 2 is 1.69 bits per heavy atom. The summed E-state index contributed by atoms with van der Waals surface area (Å²) in [7, 11) is 1.89. The number of anilines is 1. The maximum atomic E-state index is 4.46. The summed E-state index contributed by atoms with van der Waals surface area (Å²) in [5.74, 6) is 1.66. The third-order valence-electron chi connectivity index (χ3n) is 4.59. The van der Waals surface area contributed by atoms with Crippen LogP contribution in [0, 0.1) is 13.8 Å². The fourth-order valence-electron chi connectivity index (χ4n) is 3.29. The van der Waals surface area contributed by atoms with E-state index in [2.05, 4.69) is 35.4 Å². The van der Waals surface area contributed by atoms with Gasteiger partial charge in [-0.15, -0.1) is 15.3 Å². The van der Waals surface area contributed by atoms with Gasteiger partial charge in [-0.3, -0.25) is 9.58 Å². The molecule has 1 saturated heterocycles. The highest BCUT2D eigenvalue weighted by Gasteiger charge is 2.19. The summed E-state index contributed by atoms with van der Waals surface area (Å²) in [6.45, 7) is 8.62. The standard InChI is InChI=1S/C17H23N9/c1-13-10-14(2)26(21-13)17-5-4-16(19-20-17)25-8-6-24(7-9-25)12-15-11-23(3)22-18-15/h4-5,10-11H,6-9,12H2,1-3H3. The Labute approximate surface area is 152 Å². The van der Waals surface area contributed by atoms with E-state index in [0.717, 1.165) is 61.4 Å². The maximum absolute atomic E-state index is 4.46. The van der Waals surface area contributed by atoms with Gasteiger partial charge in [-0.1, -0.05) is 5.21 Å². The zero-order valence-electron chi connectivity index (χ0n) is 15.4. The summed E-state index contributed by atoms with van der Waals surface area (Å²) in [6.07, 6.45) is 1.97. The molecule has 0 saturated carbocycles. The Balaban J connectivity index is 1.38. The van der Waals surface area contributed by atoms with Crippen molar-refractivity contribution in [3.8, 4) is 5.82 Å². The van der Waals surface area contributed by atoms with Gasteiger partial charge in [-0.05, 0) is 32.0 Å². The Morgan fingerprint density at radius 3 is 2.27 bits per heavy atom. The molecule has 4 rings (SSSR count). The van der Waals surface area contributed by atoms with Crippen molar-refractivity contribution in [1.29, 1.82) is 0 Å². The second-order valence-electron chi connectivity index (χ2n) is 6.74. The van der Waals surface area contributed by atoms with Crippen molar-refractivity contribution in [3.05, 3.63) is 41.5 Å². The molecular weight excluding hydrogens is 330 g/mol. The first-order valence-corrected chi connectivity index (χ1v) is 8.78. The fraction of sp³-hybridized carbons (Fsp3) is 0.471. The van der Waals surface area contributed by atoms with Crippen LogP contribution in [0.2, 0.25) is 0 Å². The van der Waals surface area contributed by atoms with Gasteiger partial charge in [0.25, 0.3) is 0 Å². The van der Waals surface area contributed by atoms with E-state index >= 15 is 0 Å². The van der Waals surface area contributed by atoms with Gasteiger partial charge in [-0.2, -0.15) is 5.10 Å². The van der Waals surface area contributed by atoms with E-state index in [1.165, 1.54) is 0 Å². The molecule has 0 spiro atoms. The molecule has 0 radical (unpaired) electrons. The molecule has 0 atom stereocenters. The molecule has 0 amide bonds. The van der Waals surface area contributed by atoms with Crippen LogP contribution in [0.3, 0.4) is 0 Å². The highest BCUT2D eigenvalue weighted by Crippen LogP contribution is 2.16. The molecule has 1 fully saturated rings. The van der Waals surface area contributed by atoms with Gasteiger partial charge in [0.05, 0.1) is 11.4 Å². The average molecular weight is 353 g/mol. The average Bonchev–Trinajstić information content (AvgIpc) is 3.20. The molecule has 0 N–H and O–H groups in total. The molecule has 1 aliphatic heterocycles. The van der Waals surface area contributed by atoms with Crippen LogP contribution in [0.15, 0.2) is 24.4 Å². The highest BCUT2D eigenvalue weighted by atomic mass is 15.4. The van der Waals surface area contributed by atoms with E-state index in [1.54, 1.807) is 4.68 Å². The zero-order chi connectivity index (χ0) is 18.1. The van der Waals surface area contributed by atoms with E-state index in [-0.39, 0.29) is 0 Å². The predicted octanol–water partition coefficient (Wildman–Crippen LogP) is 0.730. The van der Waals surface area contributed by atoms with E-state index in [0.29, 0.717) is 0 Å². The molecule has 1 aliphatic rings. The first-order chi connectivity index (χ1) is 12.6.